The summed E-state index contributed by atoms with van der Waals surface area (Å²) in [5.74, 6) is -1.11. The van der Waals surface area contributed by atoms with Crippen LogP contribution in [0.3, 0.4) is 0 Å². The number of carboxylic acid groups (broad SMARTS) is 1. The average Bonchev–Trinajstić information content (AvgIpc) is 2.76. The van der Waals surface area contributed by atoms with Crippen LogP contribution in [0.25, 0.3) is 0 Å². The van der Waals surface area contributed by atoms with Crippen molar-refractivity contribution in [2.24, 2.45) is 0 Å². The quantitative estimate of drug-likeness (QED) is 0.703. The standard InChI is InChI=1S/C10H20N2O4S/c1-2-7-11-17(15,16)12(8-10(13)14)9-5-3-4-6-9/h9,11H,2-8H2,1H3,(H,13,14). The third kappa shape index (κ3) is 4.25. The molecule has 100 valence electrons. The lowest BCUT2D eigenvalue weighted by Gasteiger charge is -2.26. The van der Waals surface area contributed by atoms with Crippen molar-refractivity contribution in [3.05, 3.63) is 0 Å². The lowest BCUT2D eigenvalue weighted by Crippen LogP contribution is -2.48. The fourth-order valence-corrected chi connectivity index (χ4v) is 3.56. The summed E-state index contributed by atoms with van der Waals surface area (Å²) in [5, 5.41) is 8.80. The second-order valence-electron chi connectivity index (χ2n) is 4.28. The molecular formula is C10H20N2O4S. The lowest BCUT2D eigenvalue weighted by molar-refractivity contribution is -0.137. The van der Waals surface area contributed by atoms with Gasteiger partial charge in [-0.15, -0.1) is 0 Å². The van der Waals surface area contributed by atoms with Crippen LogP contribution in [0.4, 0.5) is 0 Å². The molecule has 17 heavy (non-hydrogen) atoms. The molecule has 0 heterocycles. The van der Waals surface area contributed by atoms with Crippen molar-refractivity contribution in [3.63, 3.8) is 0 Å². The predicted molar refractivity (Wildman–Crippen MR) is 63.8 cm³/mol. The summed E-state index contributed by atoms with van der Waals surface area (Å²) in [6.07, 6.45) is 4.11. The van der Waals surface area contributed by atoms with Gasteiger partial charge in [0.05, 0.1) is 0 Å². The Bertz CT molecular complexity index is 349. The molecule has 0 atom stereocenters. The molecule has 1 saturated carbocycles. The SMILES string of the molecule is CCCNS(=O)(=O)N(CC(=O)O)C1CCCC1. The fraction of sp³-hybridized carbons (Fsp3) is 0.900. The third-order valence-corrected chi connectivity index (χ3v) is 4.48. The van der Waals surface area contributed by atoms with Gasteiger partial charge in [0.2, 0.25) is 0 Å². The molecule has 6 nitrogen and oxygen atoms in total. The van der Waals surface area contributed by atoms with Crippen molar-refractivity contribution in [2.75, 3.05) is 13.1 Å². The second-order valence-corrected chi connectivity index (χ2v) is 5.98. The molecule has 0 spiro atoms. The van der Waals surface area contributed by atoms with E-state index < -0.39 is 22.7 Å². The van der Waals surface area contributed by atoms with Crippen LogP contribution < -0.4 is 4.72 Å². The highest BCUT2D eigenvalue weighted by Crippen LogP contribution is 2.24. The van der Waals surface area contributed by atoms with E-state index in [1.54, 1.807) is 0 Å². The number of carboxylic acids is 1. The number of carbonyl (C=O) groups is 1. The first-order valence-corrected chi connectivity index (χ1v) is 7.39. The summed E-state index contributed by atoms with van der Waals surface area (Å²) in [5.41, 5.74) is 0. The van der Waals surface area contributed by atoms with Crippen LogP contribution in [0.5, 0.6) is 0 Å². The molecular weight excluding hydrogens is 244 g/mol. The van der Waals surface area contributed by atoms with Gasteiger partial charge in [-0.2, -0.15) is 12.7 Å². The Labute approximate surface area is 102 Å². The number of aliphatic carboxylic acids is 1. The zero-order valence-electron chi connectivity index (χ0n) is 10.1. The fourth-order valence-electron chi connectivity index (χ4n) is 2.05. The van der Waals surface area contributed by atoms with Crippen molar-refractivity contribution >= 4 is 16.2 Å². The zero-order valence-corrected chi connectivity index (χ0v) is 10.9. The van der Waals surface area contributed by atoms with E-state index in [-0.39, 0.29) is 6.04 Å². The van der Waals surface area contributed by atoms with E-state index in [2.05, 4.69) is 4.72 Å². The van der Waals surface area contributed by atoms with E-state index in [9.17, 15) is 13.2 Å². The first-order valence-electron chi connectivity index (χ1n) is 5.95. The Morgan fingerprint density at radius 1 is 1.41 bits per heavy atom. The van der Waals surface area contributed by atoms with Gasteiger partial charge in [0.15, 0.2) is 0 Å². The van der Waals surface area contributed by atoms with Gasteiger partial charge < -0.3 is 5.11 Å². The van der Waals surface area contributed by atoms with Gasteiger partial charge in [-0.3, -0.25) is 4.79 Å². The molecule has 1 aliphatic carbocycles. The summed E-state index contributed by atoms with van der Waals surface area (Å²) < 4.78 is 27.4. The van der Waals surface area contributed by atoms with E-state index in [1.165, 1.54) is 0 Å². The average molecular weight is 264 g/mol. The molecule has 7 heteroatoms. The molecule has 0 saturated heterocycles. The Balaban J connectivity index is 2.76. The van der Waals surface area contributed by atoms with Gasteiger partial charge in [0.1, 0.15) is 6.54 Å². The van der Waals surface area contributed by atoms with Gasteiger partial charge >= 0.3 is 5.97 Å². The van der Waals surface area contributed by atoms with Gasteiger partial charge in [0.25, 0.3) is 10.2 Å². The van der Waals surface area contributed by atoms with Crippen molar-refractivity contribution in [1.82, 2.24) is 9.03 Å². The summed E-state index contributed by atoms with van der Waals surface area (Å²) in [7, 11) is -3.66. The van der Waals surface area contributed by atoms with Crippen LogP contribution >= 0.6 is 0 Å². The largest absolute Gasteiger partial charge is 0.480 e. The smallest absolute Gasteiger partial charge is 0.318 e. The Morgan fingerprint density at radius 2 is 2.00 bits per heavy atom. The van der Waals surface area contributed by atoms with Crippen molar-refractivity contribution < 1.29 is 18.3 Å². The van der Waals surface area contributed by atoms with E-state index in [0.29, 0.717) is 13.0 Å². The highest BCUT2D eigenvalue weighted by atomic mass is 32.2. The third-order valence-electron chi connectivity index (χ3n) is 2.87. The maximum absolute atomic E-state index is 12.0. The number of nitrogens with zero attached hydrogens (tertiary/aromatic N) is 1. The summed E-state index contributed by atoms with van der Waals surface area (Å²) in [6, 6.07) is -0.166. The molecule has 0 aromatic carbocycles. The van der Waals surface area contributed by atoms with Crippen molar-refractivity contribution in [1.29, 1.82) is 0 Å². The van der Waals surface area contributed by atoms with Gasteiger partial charge in [-0.05, 0) is 19.3 Å². The van der Waals surface area contributed by atoms with Crippen LogP contribution in [-0.2, 0) is 15.0 Å². The summed E-state index contributed by atoms with van der Waals surface area (Å²) >= 11 is 0. The molecule has 0 unspecified atom stereocenters. The van der Waals surface area contributed by atoms with E-state index in [1.807, 2.05) is 6.92 Å². The molecule has 1 rings (SSSR count). The molecule has 0 aliphatic heterocycles. The first-order chi connectivity index (χ1) is 7.97. The van der Waals surface area contributed by atoms with Crippen molar-refractivity contribution in [3.8, 4) is 0 Å². The van der Waals surface area contributed by atoms with Crippen LogP contribution in [-0.4, -0.2) is 42.9 Å². The second kappa shape index (κ2) is 6.32. The molecule has 0 amide bonds. The van der Waals surface area contributed by atoms with E-state index in [4.69, 9.17) is 5.11 Å². The normalized spacial score (nSPS) is 17.8. The van der Waals surface area contributed by atoms with E-state index >= 15 is 0 Å². The topological polar surface area (TPSA) is 86.7 Å². The maximum atomic E-state index is 12.0. The van der Waals surface area contributed by atoms with Crippen molar-refractivity contribution in [2.45, 2.75) is 45.1 Å². The van der Waals surface area contributed by atoms with Crippen LogP contribution in [0.1, 0.15) is 39.0 Å². The molecule has 1 aliphatic rings. The molecule has 2 N–H and O–H groups in total. The Hall–Kier alpha value is -0.660. The van der Waals surface area contributed by atoms with Gasteiger partial charge in [0, 0.05) is 12.6 Å². The van der Waals surface area contributed by atoms with E-state index in [0.717, 1.165) is 30.0 Å². The molecule has 0 aromatic rings. The molecule has 1 fully saturated rings. The number of hydrogen-bond acceptors (Lipinski definition) is 3. The maximum Gasteiger partial charge on any atom is 0.318 e. The molecule has 0 bridgehead atoms. The molecule has 0 aromatic heterocycles. The predicted octanol–water partition coefficient (Wildman–Crippen LogP) is 0.560. The van der Waals surface area contributed by atoms with Gasteiger partial charge in [-0.25, -0.2) is 4.72 Å². The highest BCUT2D eigenvalue weighted by molar-refractivity contribution is 7.87. The first kappa shape index (κ1) is 14.4. The molecule has 0 radical (unpaired) electrons. The summed E-state index contributed by atoms with van der Waals surface area (Å²) in [4.78, 5) is 10.8. The Morgan fingerprint density at radius 3 is 2.47 bits per heavy atom. The summed E-state index contributed by atoms with van der Waals surface area (Å²) in [6.45, 7) is 1.74. The number of rotatable bonds is 7. The Kier molecular flexibility index (Phi) is 5.35. The number of hydrogen-bond donors (Lipinski definition) is 2. The van der Waals surface area contributed by atoms with Crippen LogP contribution in [0, 0.1) is 0 Å². The lowest BCUT2D eigenvalue weighted by atomic mass is 10.2. The minimum absolute atomic E-state index is 0.166. The van der Waals surface area contributed by atoms with Gasteiger partial charge in [-0.1, -0.05) is 19.8 Å². The van der Waals surface area contributed by atoms with Crippen LogP contribution in [0.2, 0.25) is 0 Å². The van der Waals surface area contributed by atoms with Crippen LogP contribution in [0.15, 0.2) is 0 Å². The monoisotopic (exact) mass is 264 g/mol. The minimum atomic E-state index is -3.66. The minimum Gasteiger partial charge on any atom is -0.480 e. The number of nitrogens with one attached hydrogen (secondary N) is 1. The highest BCUT2D eigenvalue weighted by Gasteiger charge is 2.33. The zero-order chi connectivity index (χ0) is 12.9.